The first-order valence-corrected chi connectivity index (χ1v) is 6.13. The molecule has 0 radical (unpaired) electrons. The number of carboxylic acid groups (broad SMARTS) is 1. The number of nitrogens with one attached hydrogen (secondary N) is 1. The second-order valence-corrected chi connectivity index (χ2v) is 4.39. The summed E-state index contributed by atoms with van der Waals surface area (Å²) in [7, 11) is 1.71. The van der Waals surface area contributed by atoms with E-state index in [2.05, 4.69) is 10.4 Å². The maximum Gasteiger partial charge on any atom is 0.312 e. The van der Waals surface area contributed by atoms with Gasteiger partial charge in [-0.15, -0.1) is 0 Å². The van der Waals surface area contributed by atoms with E-state index < -0.39 is 11.9 Å². The third-order valence-electron chi connectivity index (χ3n) is 2.91. The van der Waals surface area contributed by atoms with Crippen LogP contribution in [-0.2, 0) is 11.8 Å². The molecule has 20 heavy (non-hydrogen) atoms. The van der Waals surface area contributed by atoms with Gasteiger partial charge in [-0.05, 0) is 11.6 Å². The number of aryl methyl sites for hydroxylation is 1. The van der Waals surface area contributed by atoms with E-state index in [0.29, 0.717) is 5.56 Å². The fraction of sp³-hybridized carbons (Fsp3) is 0.214. The Bertz CT molecular complexity index is 607. The van der Waals surface area contributed by atoms with Crippen LogP contribution in [0.25, 0.3) is 0 Å². The first kappa shape index (κ1) is 13.8. The van der Waals surface area contributed by atoms with E-state index in [-0.39, 0.29) is 18.1 Å². The SMILES string of the molecule is Cn1ccc(C(=O)NCC(C(=O)O)c2ccccc2)n1. The highest BCUT2D eigenvalue weighted by atomic mass is 16.4. The lowest BCUT2D eigenvalue weighted by Crippen LogP contribution is -2.32. The van der Waals surface area contributed by atoms with E-state index in [9.17, 15) is 14.7 Å². The minimum atomic E-state index is -0.975. The summed E-state index contributed by atoms with van der Waals surface area (Å²) in [5, 5.41) is 15.8. The van der Waals surface area contributed by atoms with Crippen molar-refractivity contribution in [2.24, 2.45) is 7.05 Å². The zero-order valence-electron chi connectivity index (χ0n) is 11.0. The van der Waals surface area contributed by atoms with Crippen LogP contribution in [0, 0.1) is 0 Å². The number of hydrogen-bond acceptors (Lipinski definition) is 3. The van der Waals surface area contributed by atoms with Crippen molar-refractivity contribution < 1.29 is 14.7 Å². The number of aliphatic carboxylic acids is 1. The molecular formula is C14H15N3O3. The lowest BCUT2D eigenvalue weighted by molar-refractivity contribution is -0.138. The zero-order chi connectivity index (χ0) is 14.5. The van der Waals surface area contributed by atoms with Crippen LogP contribution in [0.3, 0.4) is 0 Å². The molecule has 6 nitrogen and oxygen atoms in total. The smallest absolute Gasteiger partial charge is 0.312 e. The Hall–Kier alpha value is -2.63. The molecular weight excluding hydrogens is 258 g/mol. The molecule has 0 aliphatic carbocycles. The zero-order valence-corrected chi connectivity index (χ0v) is 11.0. The summed E-state index contributed by atoms with van der Waals surface area (Å²) in [6.45, 7) is 0.0226. The van der Waals surface area contributed by atoms with Gasteiger partial charge in [0.1, 0.15) is 5.69 Å². The predicted molar refractivity (Wildman–Crippen MR) is 72.4 cm³/mol. The standard InChI is InChI=1S/C14H15N3O3/c1-17-8-7-12(16-17)13(18)15-9-11(14(19)20)10-5-3-2-4-6-10/h2-8,11H,9H2,1H3,(H,15,18)(H,19,20). The average molecular weight is 273 g/mol. The Morgan fingerprint density at radius 2 is 2.00 bits per heavy atom. The van der Waals surface area contributed by atoms with Crippen molar-refractivity contribution in [2.45, 2.75) is 5.92 Å². The topological polar surface area (TPSA) is 84.2 Å². The Kier molecular flexibility index (Phi) is 4.14. The molecule has 0 saturated heterocycles. The number of rotatable bonds is 5. The van der Waals surface area contributed by atoms with Crippen LogP contribution in [0.2, 0.25) is 0 Å². The average Bonchev–Trinajstić information content (AvgIpc) is 2.86. The summed E-state index contributed by atoms with van der Waals surface area (Å²) in [4.78, 5) is 23.1. The molecule has 0 aliphatic heterocycles. The van der Waals surface area contributed by atoms with E-state index in [1.54, 1.807) is 43.6 Å². The molecule has 0 saturated carbocycles. The quantitative estimate of drug-likeness (QED) is 0.851. The molecule has 1 aromatic heterocycles. The van der Waals surface area contributed by atoms with Crippen LogP contribution in [0.5, 0.6) is 0 Å². The molecule has 104 valence electrons. The van der Waals surface area contributed by atoms with E-state index in [1.165, 1.54) is 4.68 Å². The maximum absolute atomic E-state index is 11.8. The van der Waals surface area contributed by atoms with E-state index in [1.807, 2.05) is 6.07 Å². The van der Waals surface area contributed by atoms with Crippen molar-refractivity contribution in [1.82, 2.24) is 15.1 Å². The summed E-state index contributed by atoms with van der Waals surface area (Å²) in [5.41, 5.74) is 0.922. The van der Waals surface area contributed by atoms with Gasteiger partial charge in [0.15, 0.2) is 0 Å². The van der Waals surface area contributed by atoms with Gasteiger partial charge < -0.3 is 10.4 Å². The Morgan fingerprint density at radius 3 is 2.55 bits per heavy atom. The Labute approximate surface area is 116 Å². The fourth-order valence-electron chi connectivity index (χ4n) is 1.85. The molecule has 0 fully saturated rings. The molecule has 0 spiro atoms. The van der Waals surface area contributed by atoms with Gasteiger partial charge in [-0.3, -0.25) is 14.3 Å². The second kappa shape index (κ2) is 6.01. The number of aromatic nitrogens is 2. The van der Waals surface area contributed by atoms with Crippen LogP contribution in [0.1, 0.15) is 22.0 Å². The highest BCUT2D eigenvalue weighted by Crippen LogP contribution is 2.14. The lowest BCUT2D eigenvalue weighted by Gasteiger charge is -2.13. The number of carbonyl (C=O) groups is 2. The van der Waals surface area contributed by atoms with Gasteiger partial charge >= 0.3 is 5.97 Å². The third-order valence-corrected chi connectivity index (χ3v) is 2.91. The third kappa shape index (κ3) is 3.23. The molecule has 2 rings (SSSR count). The molecule has 1 heterocycles. The van der Waals surface area contributed by atoms with Crippen LogP contribution >= 0.6 is 0 Å². The maximum atomic E-state index is 11.8. The van der Waals surface area contributed by atoms with Gasteiger partial charge in [-0.2, -0.15) is 5.10 Å². The largest absolute Gasteiger partial charge is 0.481 e. The van der Waals surface area contributed by atoms with Gasteiger partial charge in [0, 0.05) is 19.8 Å². The summed E-state index contributed by atoms with van der Waals surface area (Å²) < 4.78 is 1.51. The van der Waals surface area contributed by atoms with E-state index >= 15 is 0 Å². The van der Waals surface area contributed by atoms with Gasteiger partial charge in [0.05, 0.1) is 5.92 Å². The number of carbonyl (C=O) groups excluding carboxylic acids is 1. The molecule has 0 aliphatic rings. The number of benzene rings is 1. The van der Waals surface area contributed by atoms with Gasteiger partial charge in [-0.1, -0.05) is 30.3 Å². The first-order valence-electron chi connectivity index (χ1n) is 6.13. The van der Waals surface area contributed by atoms with E-state index in [4.69, 9.17) is 0 Å². The molecule has 1 aromatic carbocycles. The first-order chi connectivity index (χ1) is 9.58. The molecule has 1 unspecified atom stereocenters. The summed E-state index contributed by atoms with van der Waals surface area (Å²) in [6, 6.07) is 10.4. The summed E-state index contributed by atoms with van der Waals surface area (Å²) >= 11 is 0. The van der Waals surface area contributed by atoms with Crippen molar-refractivity contribution in [2.75, 3.05) is 6.54 Å². The Morgan fingerprint density at radius 1 is 1.30 bits per heavy atom. The molecule has 1 atom stereocenters. The highest BCUT2D eigenvalue weighted by molar-refractivity contribution is 5.92. The highest BCUT2D eigenvalue weighted by Gasteiger charge is 2.21. The summed E-state index contributed by atoms with van der Waals surface area (Å²) in [5.74, 6) is -2.13. The van der Waals surface area contributed by atoms with Gasteiger partial charge in [0.25, 0.3) is 5.91 Å². The van der Waals surface area contributed by atoms with Crippen LogP contribution in [0.4, 0.5) is 0 Å². The van der Waals surface area contributed by atoms with Crippen molar-refractivity contribution >= 4 is 11.9 Å². The number of hydrogen-bond donors (Lipinski definition) is 2. The predicted octanol–water partition coefficient (Wildman–Crippen LogP) is 1.02. The molecule has 0 bridgehead atoms. The minimum Gasteiger partial charge on any atom is -0.481 e. The molecule has 2 aromatic rings. The Balaban J connectivity index is 2.03. The number of carboxylic acids is 1. The summed E-state index contributed by atoms with van der Waals surface area (Å²) in [6.07, 6.45) is 1.65. The van der Waals surface area contributed by atoms with Crippen molar-refractivity contribution in [3.05, 3.63) is 53.9 Å². The van der Waals surface area contributed by atoms with Crippen molar-refractivity contribution in [3.63, 3.8) is 0 Å². The lowest BCUT2D eigenvalue weighted by atomic mass is 9.99. The normalized spacial score (nSPS) is 11.8. The van der Waals surface area contributed by atoms with Gasteiger partial charge in [0.2, 0.25) is 0 Å². The number of nitrogens with zero attached hydrogens (tertiary/aromatic N) is 2. The molecule has 2 N–H and O–H groups in total. The monoisotopic (exact) mass is 273 g/mol. The minimum absolute atomic E-state index is 0.0226. The molecule has 1 amide bonds. The van der Waals surface area contributed by atoms with Crippen LogP contribution in [-0.4, -0.2) is 33.3 Å². The molecule has 6 heteroatoms. The number of amides is 1. The van der Waals surface area contributed by atoms with Crippen molar-refractivity contribution in [1.29, 1.82) is 0 Å². The fourth-order valence-corrected chi connectivity index (χ4v) is 1.85. The van der Waals surface area contributed by atoms with Crippen molar-refractivity contribution in [3.8, 4) is 0 Å². The van der Waals surface area contributed by atoms with E-state index in [0.717, 1.165) is 0 Å². The second-order valence-electron chi connectivity index (χ2n) is 4.39. The van der Waals surface area contributed by atoms with Crippen LogP contribution in [0.15, 0.2) is 42.6 Å². The van der Waals surface area contributed by atoms with Crippen LogP contribution < -0.4 is 5.32 Å². The van der Waals surface area contributed by atoms with Gasteiger partial charge in [-0.25, -0.2) is 0 Å².